The molecule has 0 radical (unpaired) electrons. The smallest absolute Gasteiger partial charge is 0.234 e. The molecule has 2 atom stereocenters. The Morgan fingerprint density at radius 1 is 1.33 bits per heavy atom. The molecule has 1 heterocycles. The standard InChI is InChI=1S/C16H20ClNO3/c1-10(2)16(9-21-3)8-13(19)18-15(20)14(16)11-4-6-12(17)7-5-11/h4-7,10,14H,8-9H2,1-3H3,(H,18,19,20). The summed E-state index contributed by atoms with van der Waals surface area (Å²) < 4.78 is 5.36. The number of imide groups is 1. The largest absolute Gasteiger partial charge is 0.384 e. The molecule has 1 fully saturated rings. The zero-order valence-electron chi connectivity index (χ0n) is 12.5. The van der Waals surface area contributed by atoms with Gasteiger partial charge in [0.2, 0.25) is 11.8 Å². The average molecular weight is 310 g/mol. The Bertz CT molecular complexity index is 541. The van der Waals surface area contributed by atoms with Gasteiger partial charge in [-0.15, -0.1) is 0 Å². The van der Waals surface area contributed by atoms with Crippen molar-refractivity contribution < 1.29 is 14.3 Å². The summed E-state index contributed by atoms with van der Waals surface area (Å²) in [6, 6.07) is 7.21. The predicted octanol–water partition coefficient (Wildman–Crippen LogP) is 2.76. The number of carbonyl (C=O) groups is 2. The van der Waals surface area contributed by atoms with E-state index in [1.54, 1.807) is 19.2 Å². The molecule has 0 saturated carbocycles. The molecule has 2 amide bonds. The van der Waals surface area contributed by atoms with Crippen molar-refractivity contribution in [3.8, 4) is 0 Å². The summed E-state index contributed by atoms with van der Waals surface area (Å²) in [6.07, 6.45) is 0.275. The molecule has 1 aliphatic heterocycles. The number of ether oxygens (including phenoxy) is 1. The van der Waals surface area contributed by atoms with Crippen LogP contribution in [0, 0.1) is 11.3 Å². The number of rotatable bonds is 4. The first-order valence-corrected chi connectivity index (χ1v) is 7.36. The molecule has 1 aliphatic rings. The minimum Gasteiger partial charge on any atom is -0.384 e. The van der Waals surface area contributed by atoms with Crippen LogP contribution in [0.25, 0.3) is 0 Å². The van der Waals surface area contributed by atoms with Crippen molar-refractivity contribution in [2.75, 3.05) is 13.7 Å². The van der Waals surface area contributed by atoms with Crippen molar-refractivity contribution >= 4 is 23.4 Å². The Balaban J connectivity index is 2.52. The Hall–Kier alpha value is -1.39. The summed E-state index contributed by atoms with van der Waals surface area (Å²) in [7, 11) is 1.60. The molecule has 0 bridgehead atoms. The zero-order valence-corrected chi connectivity index (χ0v) is 13.2. The van der Waals surface area contributed by atoms with Gasteiger partial charge in [0.05, 0.1) is 12.5 Å². The van der Waals surface area contributed by atoms with Crippen LogP contribution >= 0.6 is 11.6 Å². The fraction of sp³-hybridized carbons (Fsp3) is 0.500. The molecule has 21 heavy (non-hydrogen) atoms. The molecule has 1 aromatic rings. The topological polar surface area (TPSA) is 55.4 Å². The molecule has 0 aliphatic carbocycles. The lowest BCUT2D eigenvalue weighted by molar-refractivity contribution is -0.145. The fourth-order valence-electron chi connectivity index (χ4n) is 3.16. The van der Waals surface area contributed by atoms with E-state index in [2.05, 4.69) is 5.32 Å². The van der Waals surface area contributed by atoms with Crippen LogP contribution in [0.4, 0.5) is 0 Å². The van der Waals surface area contributed by atoms with Gasteiger partial charge in [-0.2, -0.15) is 0 Å². The second kappa shape index (κ2) is 6.16. The van der Waals surface area contributed by atoms with Crippen molar-refractivity contribution in [2.24, 2.45) is 11.3 Å². The molecule has 2 rings (SSSR count). The van der Waals surface area contributed by atoms with Gasteiger partial charge in [-0.25, -0.2) is 0 Å². The van der Waals surface area contributed by atoms with Gasteiger partial charge >= 0.3 is 0 Å². The molecule has 5 heteroatoms. The molecule has 114 valence electrons. The summed E-state index contributed by atoms with van der Waals surface area (Å²) >= 11 is 5.93. The average Bonchev–Trinajstić information content (AvgIpc) is 2.40. The lowest BCUT2D eigenvalue weighted by atomic mass is 9.61. The van der Waals surface area contributed by atoms with Crippen molar-refractivity contribution in [1.29, 1.82) is 0 Å². The van der Waals surface area contributed by atoms with Crippen molar-refractivity contribution in [3.05, 3.63) is 34.9 Å². The maximum Gasteiger partial charge on any atom is 0.234 e. The molecule has 2 unspecified atom stereocenters. The zero-order chi connectivity index (χ0) is 15.6. The summed E-state index contributed by atoms with van der Waals surface area (Å²) in [5.74, 6) is -0.809. The predicted molar refractivity (Wildman–Crippen MR) is 81.1 cm³/mol. The van der Waals surface area contributed by atoms with Gasteiger partial charge < -0.3 is 4.74 Å². The van der Waals surface area contributed by atoms with Crippen LogP contribution in [-0.2, 0) is 14.3 Å². The number of hydrogen-bond donors (Lipinski definition) is 1. The Kier molecular flexibility index (Phi) is 4.69. The minimum absolute atomic E-state index is 0.119. The second-order valence-corrected chi connectivity index (χ2v) is 6.33. The van der Waals surface area contributed by atoms with E-state index in [4.69, 9.17) is 16.3 Å². The fourth-order valence-corrected chi connectivity index (χ4v) is 3.29. The summed E-state index contributed by atoms with van der Waals surface area (Å²) in [5.41, 5.74) is 0.317. The van der Waals surface area contributed by atoms with Crippen LogP contribution in [0.3, 0.4) is 0 Å². The number of carbonyl (C=O) groups excluding carboxylic acids is 2. The Morgan fingerprint density at radius 3 is 2.48 bits per heavy atom. The van der Waals surface area contributed by atoms with Gasteiger partial charge in [0.25, 0.3) is 0 Å². The number of piperidine rings is 1. The third-order valence-electron chi connectivity index (χ3n) is 4.36. The quantitative estimate of drug-likeness (QED) is 0.870. The van der Waals surface area contributed by atoms with Gasteiger partial charge in [0, 0.05) is 24.0 Å². The highest BCUT2D eigenvalue weighted by molar-refractivity contribution is 6.30. The van der Waals surface area contributed by atoms with E-state index in [-0.39, 0.29) is 24.2 Å². The third kappa shape index (κ3) is 2.97. The molecular weight excluding hydrogens is 290 g/mol. The summed E-state index contributed by atoms with van der Waals surface area (Å²) in [6.45, 7) is 4.40. The first kappa shape index (κ1) is 16.0. The van der Waals surface area contributed by atoms with Crippen LogP contribution in [0.1, 0.15) is 31.7 Å². The normalized spacial score (nSPS) is 26.0. The number of halogens is 1. The molecular formula is C16H20ClNO3. The number of benzene rings is 1. The minimum atomic E-state index is -0.540. The lowest BCUT2D eigenvalue weighted by Crippen LogP contribution is -2.54. The second-order valence-electron chi connectivity index (χ2n) is 5.89. The van der Waals surface area contributed by atoms with Gasteiger partial charge in [-0.05, 0) is 23.6 Å². The van der Waals surface area contributed by atoms with E-state index in [0.29, 0.717) is 11.6 Å². The van der Waals surface area contributed by atoms with Crippen LogP contribution in [0.5, 0.6) is 0 Å². The molecule has 0 spiro atoms. The van der Waals surface area contributed by atoms with E-state index < -0.39 is 11.3 Å². The van der Waals surface area contributed by atoms with Gasteiger partial charge in [-0.1, -0.05) is 37.6 Å². The highest BCUT2D eigenvalue weighted by Gasteiger charge is 2.51. The van der Waals surface area contributed by atoms with Gasteiger partial charge in [0.1, 0.15) is 0 Å². The Labute approximate surface area is 129 Å². The van der Waals surface area contributed by atoms with Crippen molar-refractivity contribution in [3.63, 3.8) is 0 Å². The van der Waals surface area contributed by atoms with Crippen LogP contribution < -0.4 is 5.32 Å². The Morgan fingerprint density at radius 2 is 1.95 bits per heavy atom. The van der Waals surface area contributed by atoms with Crippen LogP contribution in [-0.4, -0.2) is 25.5 Å². The maximum atomic E-state index is 12.5. The summed E-state index contributed by atoms with van der Waals surface area (Å²) in [5, 5.41) is 3.06. The van der Waals surface area contributed by atoms with E-state index >= 15 is 0 Å². The van der Waals surface area contributed by atoms with Gasteiger partial charge in [0.15, 0.2) is 0 Å². The lowest BCUT2D eigenvalue weighted by Gasteiger charge is -2.45. The molecule has 1 N–H and O–H groups in total. The SMILES string of the molecule is COCC1(C(C)C)CC(=O)NC(=O)C1c1ccc(Cl)cc1. The van der Waals surface area contributed by atoms with Crippen molar-refractivity contribution in [1.82, 2.24) is 5.32 Å². The van der Waals surface area contributed by atoms with E-state index in [1.807, 2.05) is 26.0 Å². The van der Waals surface area contributed by atoms with E-state index in [1.165, 1.54) is 0 Å². The number of methoxy groups -OCH3 is 1. The van der Waals surface area contributed by atoms with E-state index in [0.717, 1.165) is 5.56 Å². The highest BCUT2D eigenvalue weighted by Crippen LogP contribution is 2.47. The molecule has 0 aromatic heterocycles. The van der Waals surface area contributed by atoms with Crippen molar-refractivity contribution in [2.45, 2.75) is 26.2 Å². The van der Waals surface area contributed by atoms with Crippen LogP contribution in [0.15, 0.2) is 24.3 Å². The molecule has 1 saturated heterocycles. The maximum absolute atomic E-state index is 12.5. The molecule has 4 nitrogen and oxygen atoms in total. The number of nitrogens with one attached hydrogen (secondary N) is 1. The van der Waals surface area contributed by atoms with E-state index in [9.17, 15) is 9.59 Å². The first-order chi connectivity index (χ1) is 9.90. The highest BCUT2D eigenvalue weighted by atomic mass is 35.5. The van der Waals surface area contributed by atoms with Crippen LogP contribution in [0.2, 0.25) is 5.02 Å². The first-order valence-electron chi connectivity index (χ1n) is 6.99. The monoisotopic (exact) mass is 309 g/mol. The molecule has 1 aromatic carbocycles. The summed E-state index contributed by atoms with van der Waals surface area (Å²) in [4.78, 5) is 24.4. The number of amides is 2. The number of hydrogen-bond acceptors (Lipinski definition) is 3. The van der Waals surface area contributed by atoms with Gasteiger partial charge in [-0.3, -0.25) is 14.9 Å². The third-order valence-corrected chi connectivity index (χ3v) is 4.61.